The van der Waals surface area contributed by atoms with E-state index in [1.165, 1.54) is 6.92 Å². The standard InChI is InChI=1S/C21H23NO6/c1-3-10-25-17-7-5-16(6-8-17)21(24)28-14(2)20(23)22-12-15-4-9-18-19(11-15)27-13-26-18/h4-9,11,14H,3,10,12-13H2,1-2H3,(H,22,23)/t14-/m1/s1. The SMILES string of the molecule is CCCOc1ccc(C(=O)O[C@H](C)C(=O)NCc2ccc3c(c2)OCO3)cc1. The Morgan fingerprint density at radius 3 is 2.61 bits per heavy atom. The Labute approximate surface area is 163 Å². The maximum atomic E-state index is 12.2. The Morgan fingerprint density at radius 2 is 1.86 bits per heavy atom. The normalized spacial score (nSPS) is 12.9. The summed E-state index contributed by atoms with van der Waals surface area (Å²) in [6.45, 7) is 4.66. The van der Waals surface area contributed by atoms with Crippen molar-refractivity contribution in [2.45, 2.75) is 32.9 Å². The van der Waals surface area contributed by atoms with Gasteiger partial charge in [0.15, 0.2) is 17.6 Å². The van der Waals surface area contributed by atoms with E-state index < -0.39 is 12.1 Å². The van der Waals surface area contributed by atoms with Crippen LogP contribution in [0.4, 0.5) is 0 Å². The topological polar surface area (TPSA) is 83.1 Å². The average molecular weight is 385 g/mol. The second-order valence-corrected chi connectivity index (χ2v) is 6.33. The van der Waals surface area contributed by atoms with E-state index in [2.05, 4.69) is 5.32 Å². The molecule has 0 fully saturated rings. The molecule has 0 saturated carbocycles. The molecule has 7 heteroatoms. The zero-order chi connectivity index (χ0) is 19.9. The molecule has 1 atom stereocenters. The molecule has 0 unspecified atom stereocenters. The lowest BCUT2D eigenvalue weighted by atomic mass is 10.2. The second-order valence-electron chi connectivity index (χ2n) is 6.33. The molecular weight excluding hydrogens is 362 g/mol. The number of nitrogens with one attached hydrogen (secondary N) is 1. The number of benzene rings is 2. The Morgan fingerprint density at radius 1 is 1.11 bits per heavy atom. The second kappa shape index (κ2) is 9.12. The minimum absolute atomic E-state index is 0.198. The third-order valence-corrected chi connectivity index (χ3v) is 4.12. The quantitative estimate of drug-likeness (QED) is 0.703. The summed E-state index contributed by atoms with van der Waals surface area (Å²) in [5.41, 5.74) is 1.22. The number of carbonyl (C=O) groups is 2. The summed E-state index contributed by atoms with van der Waals surface area (Å²) in [4.78, 5) is 24.4. The minimum Gasteiger partial charge on any atom is -0.494 e. The van der Waals surface area contributed by atoms with Crippen LogP contribution >= 0.6 is 0 Å². The highest BCUT2D eigenvalue weighted by atomic mass is 16.7. The Kier molecular flexibility index (Phi) is 6.37. The van der Waals surface area contributed by atoms with Crippen LogP contribution in [0, 0.1) is 0 Å². The number of fused-ring (bicyclic) bond motifs is 1. The number of amides is 1. The van der Waals surface area contributed by atoms with Gasteiger partial charge in [0.25, 0.3) is 5.91 Å². The summed E-state index contributed by atoms with van der Waals surface area (Å²) in [6, 6.07) is 12.1. The molecule has 1 heterocycles. The van der Waals surface area contributed by atoms with E-state index in [4.69, 9.17) is 18.9 Å². The van der Waals surface area contributed by atoms with Gasteiger partial charge in [-0.3, -0.25) is 4.79 Å². The number of hydrogen-bond acceptors (Lipinski definition) is 6. The van der Waals surface area contributed by atoms with E-state index >= 15 is 0 Å². The zero-order valence-corrected chi connectivity index (χ0v) is 15.9. The van der Waals surface area contributed by atoms with Crippen LogP contribution < -0.4 is 19.5 Å². The van der Waals surface area contributed by atoms with Gasteiger partial charge >= 0.3 is 5.97 Å². The molecule has 0 spiro atoms. The summed E-state index contributed by atoms with van der Waals surface area (Å²) in [5, 5.41) is 2.75. The van der Waals surface area contributed by atoms with Crippen LogP contribution in [0.15, 0.2) is 42.5 Å². The van der Waals surface area contributed by atoms with Crippen molar-refractivity contribution in [3.8, 4) is 17.2 Å². The van der Waals surface area contributed by atoms with Gasteiger partial charge in [-0.05, 0) is 55.3 Å². The molecule has 7 nitrogen and oxygen atoms in total. The molecule has 0 radical (unpaired) electrons. The lowest BCUT2D eigenvalue weighted by Gasteiger charge is -2.14. The van der Waals surface area contributed by atoms with Crippen LogP contribution in [0.5, 0.6) is 17.2 Å². The van der Waals surface area contributed by atoms with Gasteiger partial charge in [-0.15, -0.1) is 0 Å². The molecule has 2 aromatic rings. The molecule has 0 bridgehead atoms. The van der Waals surface area contributed by atoms with Gasteiger partial charge in [0.2, 0.25) is 6.79 Å². The van der Waals surface area contributed by atoms with E-state index in [0.29, 0.717) is 36.0 Å². The number of ether oxygens (including phenoxy) is 4. The number of hydrogen-bond donors (Lipinski definition) is 1. The Hall–Kier alpha value is -3.22. The van der Waals surface area contributed by atoms with E-state index in [0.717, 1.165) is 12.0 Å². The molecule has 1 N–H and O–H groups in total. The van der Waals surface area contributed by atoms with Crippen molar-refractivity contribution in [3.63, 3.8) is 0 Å². The Balaban J connectivity index is 1.48. The number of carbonyl (C=O) groups excluding carboxylic acids is 2. The molecule has 1 aliphatic heterocycles. The third kappa shape index (κ3) is 4.94. The molecule has 148 valence electrons. The van der Waals surface area contributed by atoms with Gasteiger partial charge in [-0.1, -0.05) is 13.0 Å². The van der Waals surface area contributed by atoms with Crippen molar-refractivity contribution >= 4 is 11.9 Å². The van der Waals surface area contributed by atoms with E-state index in [1.807, 2.05) is 19.1 Å². The summed E-state index contributed by atoms with van der Waals surface area (Å²) >= 11 is 0. The van der Waals surface area contributed by atoms with Crippen LogP contribution in [0.25, 0.3) is 0 Å². The largest absolute Gasteiger partial charge is 0.494 e. The summed E-state index contributed by atoms with van der Waals surface area (Å²) in [5.74, 6) is 1.08. The molecule has 1 aliphatic rings. The summed E-state index contributed by atoms with van der Waals surface area (Å²) in [6.07, 6.45) is -0.0135. The average Bonchev–Trinajstić information content (AvgIpc) is 3.18. The monoisotopic (exact) mass is 385 g/mol. The van der Waals surface area contributed by atoms with Crippen LogP contribution in [0.1, 0.15) is 36.2 Å². The predicted octanol–water partition coefficient (Wildman–Crippen LogP) is 3.07. The zero-order valence-electron chi connectivity index (χ0n) is 15.9. The molecule has 1 amide bonds. The lowest BCUT2D eigenvalue weighted by molar-refractivity contribution is -0.129. The first kappa shape index (κ1) is 19.5. The highest BCUT2D eigenvalue weighted by molar-refractivity contribution is 5.92. The molecule has 3 rings (SSSR count). The first-order chi connectivity index (χ1) is 13.6. The van der Waals surface area contributed by atoms with E-state index in [-0.39, 0.29) is 12.7 Å². The molecular formula is C21H23NO6. The fourth-order valence-corrected chi connectivity index (χ4v) is 2.57. The van der Waals surface area contributed by atoms with Gasteiger partial charge in [0.05, 0.1) is 12.2 Å². The van der Waals surface area contributed by atoms with Crippen molar-refractivity contribution < 1.29 is 28.5 Å². The summed E-state index contributed by atoms with van der Waals surface area (Å²) < 4.78 is 21.3. The van der Waals surface area contributed by atoms with Gasteiger partial charge in [-0.2, -0.15) is 0 Å². The highest BCUT2D eigenvalue weighted by Gasteiger charge is 2.19. The predicted molar refractivity (Wildman–Crippen MR) is 102 cm³/mol. The van der Waals surface area contributed by atoms with Crippen LogP contribution in [-0.2, 0) is 16.1 Å². The molecule has 2 aromatic carbocycles. The minimum atomic E-state index is -0.919. The number of esters is 1. The maximum absolute atomic E-state index is 12.2. The molecule has 28 heavy (non-hydrogen) atoms. The van der Waals surface area contributed by atoms with Gasteiger partial charge in [0, 0.05) is 6.54 Å². The fourth-order valence-electron chi connectivity index (χ4n) is 2.57. The summed E-state index contributed by atoms with van der Waals surface area (Å²) in [7, 11) is 0. The highest BCUT2D eigenvalue weighted by Crippen LogP contribution is 2.32. The van der Waals surface area contributed by atoms with Gasteiger partial charge < -0.3 is 24.3 Å². The Bertz CT molecular complexity index is 833. The molecule has 0 saturated heterocycles. The molecule has 0 aromatic heterocycles. The van der Waals surface area contributed by atoms with Crippen LogP contribution in [0.3, 0.4) is 0 Å². The lowest BCUT2D eigenvalue weighted by Crippen LogP contribution is -2.35. The first-order valence-corrected chi connectivity index (χ1v) is 9.17. The van der Waals surface area contributed by atoms with Gasteiger partial charge in [-0.25, -0.2) is 4.79 Å². The van der Waals surface area contributed by atoms with Crippen molar-refractivity contribution in [1.82, 2.24) is 5.32 Å². The van der Waals surface area contributed by atoms with Crippen molar-refractivity contribution in [1.29, 1.82) is 0 Å². The maximum Gasteiger partial charge on any atom is 0.338 e. The van der Waals surface area contributed by atoms with Crippen molar-refractivity contribution in [2.24, 2.45) is 0 Å². The fraction of sp³-hybridized carbons (Fsp3) is 0.333. The third-order valence-electron chi connectivity index (χ3n) is 4.12. The van der Waals surface area contributed by atoms with E-state index in [1.54, 1.807) is 30.3 Å². The van der Waals surface area contributed by atoms with Crippen molar-refractivity contribution in [2.75, 3.05) is 13.4 Å². The number of rotatable bonds is 8. The van der Waals surface area contributed by atoms with Crippen LogP contribution in [-0.4, -0.2) is 31.4 Å². The van der Waals surface area contributed by atoms with Gasteiger partial charge in [0.1, 0.15) is 5.75 Å². The smallest absolute Gasteiger partial charge is 0.338 e. The van der Waals surface area contributed by atoms with E-state index in [9.17, 15) is 9.59 Å². The molecule has 0 aliphatic carbocycles. The van der Waals surface area contributed by atoms with Crippen LogP contribution in [0.2, 0.25) is 0 Å². The van der Waals surface area contributed by atoms with Crippen molar-refractivity contribution in [3.05, 3.63) is 53.6 Å². The first-order valence-electron chi connectivity index (χ1n) is 9.17.